The van der Waals surface area contributed by atoms with Gasteiger partial charge in [0, 0.05) is 45.8 Å². The van der Waals surface area contributed by atoms with Crippen LogP contribution in [0.1, 0.15) is 16.7 Å². The summed E-state index contributed by atoms with van der Waals surface area (Å²) in [5, 5.41) is 9.31. The third kappa shape index (κ3) is 6.18. The van der Waals surface area contributed by atoms with Crippen LogP contribution in [0.3, 0.4) is 0 Å². The summed E-state index contributed by atoms with van der Waals surface area (Å²) < 4.78 is 86.4. The summed E-state index contributed by atoms with van der Waals surface area (Å²) in [4.78, 5) is -0.801. The number of hydrogen-bond acceptors (Lipinski definition) is 9. The molecule has 0 aromatic heterocycles. The molecule has 0 unspecified atom stereocenters. The van der Waals surface area contributed by atoms with Crippen molar-refractivity contribution in [1.82, 2.24) is 20.3 Å². The first-order chi connectivity index (χ1) is 19.8. The van der Waals surface area contributed by atoms with E-state index in [9.17, 15) is 25.3 Å². The quantitative estimate of drug-likeness (QED) is 0.371. The van der Waals surface area contributed by atoms with Gasteiger partial charge in [-0.25, -0.2) is 25.3 Å². The minimum absolute atomic E-state index is 0.0152. The van der Waals surface area contributed by atoms with E-state index >= 15 is 0 Å². The molecular weight excluding hydrogens is 597 g/mol. The Labute approximate surface area is 249 Å². The van der Waals surface area contributed by atoms with Crippen LogP contribution in [-0.2, 0) is 29.7 Å². The fourth-order valence-corrected chi connectivity index (χ4v) is 12.3. The molecule has 3 N–H and O–H groups in total. The minimum atomic E-state index is -4.95. The number of sulfonamides is 1. The van der Waals surface area contributed by atoms with Gasteiger partial charge in [0.2, 0.25) is 29.7 Å². The van der Waals surface area contributed by atoms with Gasteiger partial charge in [-0.05, 0) is 57.2 Å². The van der Waals surface area contributed by atoms with Gasteiger partial charge in [0.1, 0.15) is 0 Å². The van der Waals surface area contributed by atoms with Crippen molar-refractivity contribution in [2.45, 2.75) is 39.7 Å². The molecule has 1 saturated heterocycles. The summed E-state index contributed by atoms with van der Waals surface area (Å²) in [6.07, 6.45) is 0. The predicted molar refractivity (Wildman–Crippen MR) is 163 cm³/mol. The van der Waals surface area contributed by atoms with E-state index in [1.807, 2.05) is 0 Å². The summed E-state index contributed by atoms with van der Waals surface area (Å²) in [5.41, 5.74) is 2.32. The number of aryl methyl sites for hydroxylation is 3. The van der Waals surface area contributed by atoms with Crippen molar-refractivity contribution in [2.75, 3.05) is 45.8 Å². The Morgan fingerprint density at radius 2 is 0.881 bits per heavy atom. The number of hydrogen-bond donors (Lipinski definition) is 3. The Balaban J connectivity index is 2.11. The standard InChI is InChI=1S/C29H38N4O6S3/c1-23-4-10-26(11-5-23)40(34,35)29(41(36,37)27-12-6-24(2)7-13-27)22-32-19-18-30-16-17-31-20-21-33(29)42(38,39)28-14-8-25(3)9-15-28/h4-15,30-32H,16-22H2,1-3H3. The van der Waals surface area contributed by atoms with Crippen molar-refractivity contribution in [3.05, 3.63) is 89.5 Å². The minimum Gasteiger partial charge on any atom is -0.314 e. The molecule has 3 aromatic rings. The maximum atomic E-state index is 14.9. The van der Waals surface area contributed by atoms with Gasteiger partial charge >= 0.3 is 0 Å². The number of nitrogens with one attached hydrogen (secondary N) is 3. The second kappa shape index (κ2) is 12.9. The van der Waals surface area contributed by atoms with E-state index in [0.717, 1.165) is 16.7 Å². The summed E-state index contributed by atoms with van der Waals surface area (Å²) >= 11 is 0. The number of benzene rings is 3. The average Bonchev–Trinajstić information content (AvgIpc) is 2.93. The molecule has 0 spiro atoms. The Morgan fingerprint density at radius 3 is 1.31 bits per heavy atom. The monoisotopic (exact) mass is 634 g/mol. The van der Waals surface area contributed by atoms with Crippen LogP contribution in [0.5, 0.6) is 0 Å². The van der Waals surface area contributed by atoms with Gasteiger partial charge in [-0.2, -0.15) is 4.31 Å². The number of sulfone groups is 2. The zero-order valence-electron chi connectivity index (χ0n) is 24.0. The van der Waals surface area contributed by atoms with Crippen LogP contribution in [0.15, 0.2) is 87.5 Å². The van der Waals surface area contributed by atoms with E-state index in [1.54, 1.807) is 57.2 Å². The molecule has 1 heterocycles. The highest BCUT2D eigenvalue weighted by Crippen LogP contribution is 2.41. The number of nitrogens with zero attached hydrogens (tertiary/aromatic N) is 1. The molecule has 3 aromatic carbocycles. The maximum absolute atomic E-state index is 14.9. The van der Waals surface area contributed by atoms with Crippen LogP contribution >= 0.6 is 0 Å². The third-order valence-electron chi connectivity index (χ3n) is 7.29. The van der Waals surface area contributed by atoms with Crippen LogP contribution in [0.2, 0.25) is 0 Å². The van der Waals surface area contributed by atoms with Gasteiger partial charge in [0.25, 0.3) is 4.20 Å². The van der Waals surface area contributed by atoms with Crippen LogP contribution < -0.4 is 16.0 Å². The second-order valence-electron chi connectivity index (χ2n) is 10.4. The normalized spacial score (nSPS) is 18.1. The molecule has 4 rings (SSSR count). The molecule has 0 bridgehead atoms. The zero-order chi connectivity index (χ0) is 30.6. The van der Waals surface area contributed by atoms with Crippen LogP contribution in [0, 0.1) is 20.8 Å². The van der Waals surface area contributed by atoms with Crippen molar-refractivity contribution < 1.29 is 25.3 Å². The summed E-state index contributed by atoms with van der Waals surface area (Å²) in [6, 6.07) is 17.5. The Kier molecular flexibility index (Phi) is 9.93. The Bertz CT molecular complexity index is 1610. The molecule has 1 aliphatic rings. The first-order valence-electron chi connectivity index (χ1n) is 13.7. The van der Waals surface area contributed by atoms with Gasteiger partial charge in [0.15, 0.2) is 0 Å². The van der Waals surface area contributed by atoms with Gasteiger partial charge in [-0.1, -0.05) is 53.1 Å². The summed E-state index contributed by atoms with van der Waals surface area (Å²) in [6.45, 7) is 5.93. The molecular formula is C29H38N4O6S3. The topological polar surface area (TPSA) is 142 Å². The molecule has 0 aliphatic carbocycles. The molecule has 1 fully saturated rings. The lowest BCUT2D eigenvalue weighted by molar-refractivity contribution is 0.319. The zero-order valence-corrected chi connectivity index (χ0v) is 26.4. The van der Waals surface area contributed by atoms with Crippen molar-refractivity contribution in [3.63, 3.8) is 0 Å². The molecule has 1 aliphatic heterocycles. The molecule has 10 nitrogen and oxygen atoms in total. The van der Waals surface area contributed by atoms with Crippen LogP contribution in [0.25, 0.3) is 0 Å². The highest BCUT2D eigenvalue weighted by Gasteiger charge is 2.63. The lowest BCUT2D eigenvalue weighted by Gasteiger charge is -2.41. The molecule has 0 radical (unpaired) electrons. The lowest BCUT2D eigenvalue weighted by Crippen LogP contribution is -2.67. The van der Waals surface area contributed by atoms with E-state index in [-0.39, 0.29) is 27.8 Å². The fourth-order valence-electron chi connectivity index (χ4n) is 4.84. The van der Waals surface area contributed by atoms with E-state index in [4.69, 9.17) is 0 Å². The first kappa shape index (κ1) is 32.3. The van der Waals surface area contributed by atoms with Crippen molar-refractivity contribution in [1.29, 1.82) is 0 Å². The molecule has 42 heavy (non-hydrogen) atoms. The Hall–Kier alpha value is -2.65. The number of rotatable bonds is 6. The van der Waals surface area contributed by atoms with Crippen LogP contribution in [0.4, 0.5) is 0 Å². The summed E-state index contributed by atoms with van der Waals surface area (Å²) in [5.74, 6) is 0. The highest BCUT2D eigenvalue weighted by atomic mass is 32.3. The smallest absolute Gasteiger partial charge is 0.260 e. The second-order valence-corrected chi connectivity index (χ2v) is 16.8. The Morgan fingerprint density at radius 1 is 0.524 bits per heavy atom. The van der Waals surface area contributed by atoms with Crippen LogP contribution in [-0.4, -0.2) is 79.6 Å². The average molecular weight is 635 g/mol. The molecule has 13 heteroatoms. The van der Waals surface area contributed by atoms with Crippen molar-refractivity contribution in [2.24, 2.45) is 0 Å². The van der Waals surface area contributed by atoms with E-state index in [1.165, 1.54) is 36.4 Å². The van der Waals surface area contributed by atoms with Gasteiger partial charge in [0.05, 0.1) is 14.7 Å². The maximum Gasteiger partial charge on any atom is 0.260 e. The van der Waals surface area contributed by atoms with Gasteiger partial charge in [-0.15, -0.1) is 0 Å². The largest absolute Gasteiger partial charge is 0.314 e. The third-order valence-corrected chi connectivity index (χ3v) is 15.0. The van der Waals surface area contributed by atoms with E-state index in [2.05, 4.69) is 16.0 Å². The summed E-state index contributed by atoms with van der Waals surface area (Å²) in [7, 11) is -14.6. The lowest BCUT2D eigenvalue weighted by atomic mass is 10.2. The highest BCUT2D eigenvalue weighted by molar-refractivity contribution is 8.11. The van der Waals surface area contributed by atoms with E-state index in [0.29, 0.717) is 23.9 Å². The molecule has 0 saturated carbocycles. The van der Waals surface area contributed by atoms with Crippen molar-refractivity contribution >= 4 is 29.7 Å². The fraction of sp³-hybridized carbons (Fsp3) is 0.379. The predicted octanol–water partition coefficient (Wildman–Crippen LogP) is 1.99. The van der Waals surface area contributed by atoms with Gasteiger partial charge < -0.3 is 16.0 Å². The SMILES string of the molecule is Cc1ccc(S(=O)(=O)N2CCNCCNCCNCC2(S(=O)(=O)c2ccc(C)cc2)S(=O)(=O)c2ccc(C)cc2)cc1. The first-order valence-corrected chi connectivity index (χ1v) is 18.1. The molecule has 228 valence electrons. The molecule has 0 amide bonds. The van der Waals surface area contributed by atoms with Crippen molar-refractivity contribution in [3.8, 4) is 0 Å². The molecule has 0 atom stereocenters. The van der Waals surface area contributed by atoms with Gasteiger partial charge in [-0.3, -0.25) is 0 Å². The van der Waals surface area contributed by atoms with E-state index < -0.39 is 47.0 Å².